The van der Waals surface area contributed by atoms with Crippen LogP contribution in [0.2, 0.25) is 0 Å². The van der Waals surface area contributed by atoms with Gasteiger partial charge in [-0.25, -0.2) is 4.90 Å². The molecule has 0 N–H and O–H groups in total. The highest BCUT2D eigenvalue weighted by Gasteiger charge is 2.82. The maximum absolute atomic E-state index is 15.9. The second-order valence-electron chi connectivity index (χ2n) is 12.2. The molecule has 1 saturated heterocycles. The second kappa shape index (κ2) is 10.6. The molecule has 0 radical (unpaired) electrons. The Morgan fingerprint density at radius 3 is 1.43 bits per heavy atom. The number of imide groups is 1. The number of esters is 1. The van der Waals surface area contributed by atoms with Gasteiger partial charge in [0.25, 0.3) is 0 Å². The van der Waals surface area contributed by atoms with Crippen molar-refractivity contribution in [3.63, 3.8) is 0 Å². The summed E-state index contributed by atoms with van der Waals surface area (Å²) in [5.41, 5.74) is 1.76. The molecule has 2 amide bonds. The fourth-order valence-electron chi connectivity index (χ4n) is 8.44. The van der Waals surface area contributed by atoms with Crippen LogP contribution in [0.5, 0.6) is 5.75 Å². The molecule has 0 spiro atoms. The summed E-state index contributed by atoms with van der Waals surface area (Å²) >= 11 is 0. The molecule has 2 fully saturated rings. The van der Waals surface area contributed by atoms with E-state index in [1.807, 2.05) is 121 Å². The normalized spacial score (nSPS) is 24.5. The van der Waals surface area contributed by atoms with E-state index in [4.69, 9.17) is 4.74 Å². The van der Waals surface area contributed by atoms with Crippen molar-refractivity contribution in [1.29, 1.82) is 0 Å². The van der Waals surface area contributed by atoms with Gasteiger partial charge in [-0.05, 0) is 45.5 Å². The van der Waals surface area contributed by atoms with Crippen molar-refractivity contribution < 1.29 is 23.9 Å². The van der Waals surface area contributed by atoms with Crippen LogP contribution < -0.4 is 9.64 Å². The number of Topliss-reactive ketones (excluding diaryl/α,β-unsaturated/α-hetero) is 1. The topological polar surface area (TPSA) is 80.8 Å². The van der Waals surface area contributed by atoms with Gasteiger partial charge < -0.3 is 4.74 Å². The third-order valence-corrected chi connectivity index (χ3v) is 9.91. The number of hydrogen-bond acceptors (Lipinski definition) is 5. The van der Waals surface area contributed by atoms with E-state index in [1.54, 1.807) is 18.2 Å². The summed E-state index contributed by atoms with van der Waals surface area (Å²) < 4.78 is 5.33. The monoisotopic (exact) mass is 615 g/mol. The van der Waals surface area contributed by atoms with Gasteiger partial charge in [-0.3, -0.25) is 19.2 Å². The zero-order chi connectivity index (χ0) is 32.3. The highest BCUT2D eigenvalue weighted by atomic mass is 16.5. The number of anilines is 1. The molecular weight excluding hydrogens is 586 g/mol. The number of allylic oxidation sites excluding steroid dienone is 2. The number of rotatable bonds is 6. The van der Waals surface area contributed by atoms with Gasteiger partial charge in [-0.1, -0.05) is 127 Å². The molecule has 2 aliphatic carbocycles. The maximum Gasteiger partial charge on any atom is 0.308 e. The van der Waals surface area contributed by atoms with Gasteiger partial charge in [0.1, 0.15) is 5.75 Å². The highest BCUT2D eigenvalue weighted by molar-refractivity contribution is 6.39. The summed E-state index contributed by atoms with van der Waals surface area (Å²) in [6.45, 7) is 1.29. The van der Waals surface area contributed by atoms with E-state index in [9.17, 15) is 4.79 Å². The molecule has 0 aromatic heterocycles. The average molecular weight is 616 g/mol. The molecule has 5 aromatic rings. The zero-order valence-corrected chi connectivity index (χ0v) is 25.5. The number of ether oxygens (including phenoxy) is 1. The van der Waals surface area contributed by atoms with Crippen LogP contribution in [0.4, 0.5) is 5.69 Å². The van der Waals surface area contributed by atoms with Crippen LogP contribution in [0.25, 0.3) is 11.1 Å². The lowest BCUT2D eigenvalue weighted by molar-refractivity contribution is -0.132. The number of carbonyl (C=O) groups is 4. The third-order valence-electron chi connectivity index (χ3n) is 9.91. The Hall–Kier alpha value is -5.88. The van der Waals surface area contributed by atoms with Crippen molar-refractivity contribution in [2.45, 2.75) is 17.8 Å². The first kappa shape index (κ1) is 28.6. The van der Waals surface area contributed by atoms with Crippen LogP contribution >= 0.6 is 0 Å². The van der Waals surface area contributed by atoms with Crippen molar-refractivity contribution in [3.05, 3.63) is 168 Å². The van der Waals surface area contributed by atoms with E-state index in [2.05, 4.69) is 0 Å². The van der Waals surface area contributed by atoms with Crippen LogP contribution in [-0.4, -0.2) is 23.6 Å². The van der Waals surface area contributed by atoms with Gasteiger partial charge in [0.15, 0.2) is 5.78 Å². The first-order valence-corrected chi connectivity index (χ1v) is 15.6. The molecule has 0 unspecified atom stereocenters. The Labute approximate surface area is 271 Å². The summed E-state index contributed by atoms with van der Waals surface area (Å²) in [6.07, 6.45) is 0. The molecule has 1 heterocycles. The molecule has 6 nitrogen and oxygen atoms in total. The molecule has 4 atom stereocenters. The molecule has 1 aliphatic heterocycles. The minimum atomic E-state index is -1.48. The minimum absolute atomic E-state index is 0.176. The molecule has 8 rings (SSSR count). The number of carbonyl (C=O) groups excluding carboxylic acids is 4. The fourth-order valence-corrected chi connectivity index (χ4v) is 8.44. The lowest BCUT2D eigenvalue weighted by atomic mass is 9.59. The quantitative estimate of drug-likeness (QED) is 0.119. The first-order valence-electron chi connectivity index (χ1n) is 15.6. The van der Waals surface area contributed by atoms with Crippen molar-refractivity contribution in [2.24, 2.45) is 11.8 Å². The number of hydrogen-bond donors (Lipinski definition) is 0. The van der Waals surface area contributed by atoms with Crippen molar-refractivity contribution in [2.75, 3.05) is 4.90 Å². The minimum Gasteiger partial charge on any atom is -0.427 e. The number of ketones is 1. The van der Waals surface area contributed by atoms with Crippen LogP contribution in [0, 0.1) is 11.8 Å². The Morgan fingerprint density at radius 1 is 0.574 bits per heavy atom. The lowest BCUT2D eigenvalue weighted by Gasteiger charge is -2.39. The largest absolute Gasteiger partial charge is 0.427 e. The van der Waals surface area contributed by atoms with Crippen molar-refractivity contribution in [3.8, 4) is 5.75 Å². The van der Waals surface area contributed by atoms with Gasteiger partial charge >= 0.3 is 5.97 Å². The summed E-state index contributed by atoms with van der Waals surface area (Å²) in [7, 11) is 0. The Balaban J connectivity index is 1.51. The van der Waals surface area contributed by atoms with Gasteiger partial charge in [0, 0.05) is 13.0 Å². The van der Waals surface area contributed by atoms with E-state index in [0.29, 0.717) is 11.1 Å². The standard InChI is InChI=1S/C41H29NO5/c1-26(43)47-32-24-14-23-31(25-32)42-37(44)35-36(38(42)45)41(30-21-12-5-13-22-30)34(28-17-8-3-9-18-28)33(27-15-6-2-7-16-27)40(35,39(41)46)29-19-10-4-11-20-29/h2-25,35-36H,1H3/t35-,36-,40+,41+/m1/s1. The average Bonchev–Trinajstić information content (AvgIpc) is 3.61. The van der Waals surface area contributed by atoms with E-state index in [0.717, 1.165) is 22.3 Å². The molecule has 2 bridgehead atoms. The smallest absolute Gasteiger partial charge is 0.308 e. The van der Waals surface area contributed by atoms with Crippen LogP contribution in [0.1, 0.15) is 29.2 Å². The highest BCUT2D eigenvalue weighted by Crippen LogP contribution is 2.74. The van der Waals surface area contributed by atoms with E-state index >= 15 is 14.4 Å². The van der Waals surface area contributed by atoms with Crippen LogP contribution in [-0.2, 0) is 30.0 Å². The second-order valence-corrected chi connectivity index (χ2v) is 12.2. The summed E-state index contributed by atoms with van der Waals surface area (Å²) in [4.78, 5) is 59.0. The molecule has 3 aliphatic rings. The van der Waals surface area contributed by atoms with Gasteiger partial charge in [0.2, 0.25) is 11.8 Å². The number of nitrogens with zero attached hydrogens (tertiary/aromatic N) is 1. The van der Waals surface area contributed by atoms with Gasteiger partial charge in [-0.15, -0.1) is 0 Å². The lowest BCUT2D eigenvalue weighted by Crippen LogP contribution is -2.45. The Morgan fingerprint density at radius 2 is 1.00 bits per heavy atom. The molecule has 5 aromatic carbocycles. The summed E-state index contributed by atoms with van der Waals surface area (Å²) in [5, 5.41) is 0. The number of benzene rings is 5. The first-order chi connectivity index (χ1) is 22.9. The number of fused-ring (bicyclic) bond motifs is 5. The molecule has 228 valence electrons. The maximum atomic E-state index is 15.9. The van der Waals surface area contributed by atoms with E-state index in [1.165, 1.54) is 17.9 Å². The Kier molecular flexibility index (Phi) is 6.44. The van der Waals surface area contributed by atoms with Crippen molar-refractivity contribution >= 4 is 40.4 Å². The van der Waals surface area contributed by atoms with E-state index < -0.39 is 40.4 Å². The van der Waals surface area contributed by atoms with Crippen LogP contribution in [0.3, 0.4) is 0 Å². The van der Waals surface area contributed by atoms with Gasteiger partial charge in [-0.2, -0.15) is 0 Å². The van der Waals surface area contributed by atoms with Gasteiger partial charge in [0.05, 0.1) is 28.4 Å². The third kappa shape index (κ3) is 3.78. The SMILES string of the molecule is CC(=O)Oc1cccc(N2C(=O)[C@H]3[C@H](C2=O)[C@@]2(c4ccccc4)C(=O)[C@@]3(c3ccccc3)C(c3ccccc3)=C2c2ccccc2)c1. The number of amides is 2. The van der Waals surface area contributed by atoms with E-state index in [-0.39, 0.29) is 17.2 Å². The zero-order valence-electron chi connectivity index (χ0n) is 25.5. The molecule has 1 saturated carbocycles. The fraction of sp³-hybridized carbons (Fsp3) is 0.122. The predicted octanol–water partition coefficient (Wildman–Crippen LogP) is 6.80. The molecule has 6 heteroatoms. The Bertz CT molecular complexity index is 1990. The summed E-state index contributed by atoms with van der Waals surface area (Å²) in [5.74, 6) is -3.47. The molecule has 47 heavy (non-hydrogen) atoms. The predicted molar refractivity (Wildman–Crippen MR) is 178 cm³/mol. The van der Waals surface area contributed by atoms with Crippen molar-refractivity contribution in [1.82, 2.24) is 0 Å². The van der Waals surface area contributed by atoms with Crippen LogP contribution in [0.15, 0.2) is 146 Å². The summed E-state index contributed by atoms with van der Waals surface area (Å²) in [6, 6.07) is 44.8. The molecular formula is C41H29NO5.